The molecular formula is C10H9ClN2O3. The van der Waals surface area contributed by atoms with E-state index in [0.29, 0.717) is 24.7 Å². The van der Waals surface area contributed by atoms with Gasteiger partial charge in [0.15, 0.2) is 0 Å². The van der Waals surface area contributed by atoms with Crippen molar-refractivity contribution in [3.63, 3.8) is 0 Å². The van der Waals surface area contributed by atoms with E-state index in [1.807, 2.05) is 0 Å². The standard InChI is InChI=1S/C10H9ClN2O3/c11-4-1-5-16-9-2-3-10(13(14)15)8(6-9)7-12/h2-3,6H,1,4-5H2. The number of nitro benzene ring substituents is 1. The molecule has 0 atom stereocenters. The number of hydrogen-bond donors (Lipinski definition) is 0. The Bertz CT molecular complexity index is 429. The van der Waals surface area contributed by atoms with Gasteiger partial charge in [-0.1, -0.05) is 0 Å². The molecule has 0 heterocycles. The van der Waals surface area contributed by atoms with Crippen LogP contribution in [-0.4, -0.2) is 17.4 Å². The molecule has 1 aromatic rings. The lowest BCUT2D eigenvalue weighted by Gasteiger charge is -2.04. The van der Waals surface area contributed by atoms with Gasteiger partial charge in [-0.3, -0.25) is 10.1 Å². The van der Waals surface area contributed by atoms with Gasteiger partial charge in [0.1, 0.15) is 17.4 Å². The lowest BCUT2D eigenvalue weighted by Crippen LogP contribution is -1.99. The number of nitrogens with zero attached hydrogens (tertiary/aromatic N) is 2. The molecule has 0 fully saturated rings. The lowest BCUT2D eigenvalue weighted by molar-refractivity contribution is -0.385. The maximum absolute atomic E-state index is 10.5. The minimum Gasteiger partial charge on any atom is -0.493 e. The molecular weight excluding hydrogens is 232 g/mol. The quantitative estimate of drug-likeness (QED) is 0.343. The predicted octanol–water partition coefficient (Wildman–Crippen LogP) is 2.47. The van der Waals surface area contributed by atoms with Gasteiger partial charge in [0.25, 0.3) is 5.69 Å². The third-order valence-corrected chi connectivity index (χ3v) is 2.10. The number of rotatable bonds is 5. The Morgan fingerprint density at radius 2 is 2.31 bits per heavy atom. The molecule has 5 nitrogen and oxygen atoms in total. The topological polar surface area (TPSA) is 76.2 Å². The van der Waals surface area contributed by atoms with Crippen LogP contribution in [0.2, 0.25) is 0 Å². The number of alkyl halides is 1. The molecule has 0 amide bonds. The Labute approximate surface area is 97.4 Å². The van der Waals surface area contributed by atoms with Crippen molar-refractivity contribution in [1.82, 2.24) is 0 Å². The second kappa shape index (κ2) is 5.93. The van der Waals surface area contributed by atoms with Crippen LogP contribution in [0.4, 0.5) is 5.69 Å². The van der Waals surface area contributed by atoms with Crippen LogP contribution in [0.1, 0.15) is 12.0 Å². The largest absolute Gasteiger partial charge is 0.493 e. The van der Waals surface area contributed by atoms with Crippen LogP contribution < -0.4 is 4.74 Å². The second-order valence-electron chi connectivity index (χ2n) is 2.94. The predicted molar refractivity (Wildman–Crippen MR) is 58.6 cm³/mol. The number of ether oxygens (including phenoxy) is 1. The highest BCUT2D eigenvalue weighted by Crippen LogP contribution is 2.23. The molecule has 6 heteroatoms. The molecule has 16 heavy (non-hydrogen) atoms. The molecule has 84 valence electrons. The van der Waals surface area contributed by atoms with Crippen LogP contribution >= 0.6 is 11.6 Å². The van der Waals surface area contributed by atoms with Crippen molar-refractivity contribution in [3.05, 3.63) is 33.9 Å². The van der Waals surface area contributed by atoms with Crippen LogP contribution in [0.5, 0.6) is 5.75 Å². The first kappa shape index (κ1) is 12.3. The third kappa shape index (κ3) is 3.11. The lowest BCUT2D eigenvalue weighted by atomic mass is 10.2. The molecule has 0 aromatic heterocycles. The first-order chi connectivity index (χ1) is 7.69. The molecule has 0 radical (unpaired) electrons. The van der Waals surface area contributed by atoms with E-state index in [4.69, 9.17) is 21.6 Å². The van der Waals surface area contributed by atoms with Crippen molar-refractivity contribution in [2.45, 2.75) is 6.42 Å². The van der Waals surface area contributed by atoms with E-state index < -0.39 is 4.92 Å². The van der Waals surface area contributed by atoms with E-state index >= 15 is 0 Å². The number of benzene rings is 1. The normalized spacial score (nSPS) is 9.50. The van der Waals surface area contributed by atoms with Gasteiger partial charge in [-0.05, 0) is 12.5 Å². The van der Waals surface area contributed by atoms with Gasteiger partial charge in [0.2, 0.25) is 0 Å². The van der Waals surface area contributed by atoms with E-state index in [-0.39, 0.29) is 11.3 Å². The molecule has 0 saturated heterocycles. The Morgan fingerprint density at radius 3 is 2.88 bits per heavy atom. The van der Waals surface area contributed by atoms with Gasteiger partial charge in [0.05, 0.1) is 11.5 Å². The van der Waals surface area contributed by atoms with Crippen molar-refractivity contribution in [3.8, 4) is 11.8 Å². The van der Waals surface area contributed by atoms with Gasteiger partial charge in [-0.2, -0.15) is 5.26 Å². The zero-order valence-electron chi connectivity index (χ0n) is 8.35. The summed E-state index contributed by atoms with van der Waals surface area (Å²) in [5.74, 6) is 0.921. The van der Waals surface area contributed by atoms with E-state index in [2.05, 4.69) is 0 Å². The fourth-order valence-electron chi connectivity index (χ4n) is 1.10. The number of nitriles is 1. The van der Waals surface area contributed by atoms with Crippen molar-refractivity contribution < 1.29 is 9.66 Å². The SMILES string of the molecule is N#Cc1cc(OCCCCl)ccc1[N+](=O)[O-]. The van der Waals surface area contributed by atoms with Crippen molar-refractivity contribution in [1.29, 1.82) is 5.26 Å². The third-order valence-electron chi connectivity index (χ3n) is 1.83. The van der Waals surface area contributed by atoms with Gasteiger partial charge in [-0.25, -0.2) is 0 Å². The zero-order valence-corrected chi connectivity index (χ0v) is 9.11. The Morgan fingerprint density at radius 1 is 1.56 bits per heavy atom. The van der Waals surface area contributed by atoms with Crippen LogP contribution in [0, 0.1) is 21.4 Å². The molecule has 0 unspecified atom stereocenters. The van der Waals surface area contributed by atoms with Gasteiger partial charge in [0, 0.05) is 18.0 Å². The summed E-state index contributed by atoms with van der Waals surface area (Å²) in [4.78, 5) is 9.95. The first-order valence-electron chi connectivity index (χ1n) is 4.56. The van der Waals surface area contributed by atoms with Crippen molar-refractivity contribution in [2.75, 3.05) is 12.5 Å². The minimum atomic E-state index is -0.596. The molecule has 0 spiro atoms. The summed E-state index contributed by atoms with van der Waals surface area (Å²) in [6.07, 6.45) is 0.681. The van der Waals surface area contributed by atoms with Crippen LogP contribution in [0.15, 0.2) is 18.2 Å². The van der Waals surface area contributed by atoms with E-state index in [0.717, 1.165) is 0 Å². The Hall–Kier alpha value is -1.80. The first-order valence-corrected chi connectivity index (χ1v) is 5.09. The summed E-state index contributed by atoms with van der Waals surface area (Å²) in [5.41, 5.74) is -0.222. The molecule has 1 rings (SSSR count). The average molecular weight is 241 g/mol. The summed E-state index contributed by atoms with van der Waals surface area (Å²) in [6.45, 7) is 0.423. The van der Waals surface area contributed by atoms with E-state index in [9.17, 15) is 10.1 Å². The minimum absolute atomic E-state index is 0.00614. The van der Waals surface area contributed by atoms with Gasteiger partial charge < -0.3 is 4.74 Å². The smallest absolute Gasteiger partial charge is 0.287 e. The highest BCUT2D eigenvalue weighted by Gasteiger charge is 2.13. The van der Waals surface area contributed by atoms with Crippen LogP contribution in [-0.2, 0) is 0 Å². The molecule has 0 N–H and O–H groups in total. The molecule has 0 aliphatic rings. The Balaban J connectivity index is 2.84. The monoisotopic (exact) mass is 240 g/mol. The summed E-state index contributed by atoms with van der Waals surface area (Å²) in [5, 5.41) is 19.3. The van der Waals surface area contributed by atoms with E-state index in [1.165, 1.54) is 18.2 Å². The van der Waals surface area contributed by atoms with Gasteiger partial charge in [-0.15, -0.1) is 11.6 Å². The zero-order chi connectivity index (χ0) is 12.0. The molecule has 1 aromatic carbocycles. The summed E-state index contributed by atoms with van der Waals surface area (Å²) < 4.78 is 5.27. The highest BCUT2D eigenvalue weighted by atomic mass is 35.5. The number of halogens is 1. The average Bonchev–Trinajstić information content (AvgIpc) is 2.29. The number of nitro groups is 1. The molecule has 0 aliphatic carbocycles. The maximum atomic E-state index is 10.5. The fraction of sp³-hybridized carbons (Fsp3) is 0.300. The van der Waals surface area contributed by atoms with E-state index in [1.54, 1.807) is 6.07 Å². The maximum Gasteiger partial charge on any atom is 0.287 e. The molecule has 0 bridgehead atoms. The van der Waals surface area contributed by atoms with Crippen molar-refractivity contribution in [2.24, 2.45) is 0 Å². The van der Waals surface area contributed by atoms with Gasteiger partial charge >= 0.3 is 0 Å². The highest BCUT2D eigenvalue weighted by molar-refractivity contribution is 6.17. The summed E-state index contributed by atoms with van der Waals surface area (Å²) in [6, 6.07) is 5.84. The summed E-state index contributed by atoms with van der Waals surface area (Å²) >= 11 is 5.47. The Kier molecular flexibility index (Phi) is 4.55. The van der Waals surface area contributed by atoms with Crippen LogP contribution in [0.25, 0.3) is 0 Å². The molecule has 0 aliphatic heterocycles. The second-order valence-corrected chi connectivity index (χ2v) is 3.32. The fourth-order valence-corrected chi connectivity index (χ4v) is 1.21. The molecule has 0 saturated carbocycles. The van der Waals surface area contributed by atoms with Crippen molar-refractivity contribution >= 4 is 17.3 Å². The number of hydrogen-bond acceptors (Lipinski definition) is 4. The summed E-state index contributed by atoms with van der Waals surface area (Å²) in [7, 11) is 0. The van der Waals surface area contributed by atoms with Crippen LogP contribution in [0.3, 0.4) is 0 Å².